The first-order chi connectivity index (χ1) is 12.7. The van der Waals surface area contributed by atoms with E-state index in [-0.39, 0.29) is 6.03 Å². The van der Waals surface area contributed by atoms with Gasteiger partial charge in [0, 0.05) is 36.6 Å². The van der Waals surface area contributed by atoms with Gasteiger partial charge in [0.25, 0.3) is 0 Å². The third-order valence-corrected chi connectivity index (χ3v) is 4.95. The molecule has 3 aromatic rings. The highest BCUT2D eigenvalue weighted by molar-refractivity contribution is 5.89. The molecule has 1 aliphatic rings. The second-order valence-corrected chi connectivity index (χ2v) is 6.53. The van der Waals surface area contributed by atoms with Crippen LogP contribution in [0.5, 0.6) is 0 Å². The predicted molar refractivity (Wildman–Crippen MR) is 99.8 cm³/mol. The molecule has 0 saturated carbocycles. The third-order valence-electron chi connectivity index (χ3n) is 4.95. The van der Waals surface area contributed by atoms with Crippen molar-refractivity contribution in [1.29, 1.82) is 5.26 Å². The van der Waals surface area contributed by atoms with E-state index in [0.717, 1.165) is 18.5 Å². The van der Waals surface area contributed by atoms with Gasteiger partial charge in [-0.05, 0) is 54.7 Å². The number of H-pyrrole nitrogens is 1. The van der Waals surface area contributed by atoms with E-state index >= 15 is 0 Å². The molecule has 2 amide bonds. The van der Waals surface area contributed by atoms with Gasteiger partial charge in [-0.3, -0.25) is 0 Å². The van der Waals surface area contributed by atoms with E-state index in [2.05, 4.69) is 27.4 Å². The summed E-state index contributed by atoms with van der Waals surface area (Å²) in [4.78, 5) is 21.9. The smallest absolute Gasteiger partial charge is 0.321 e. The number of carbonyl (C=O) groups is 1. The Kier molecular flexibility index (Phi) is 4.28. The van der Waals surface area contributed by atoms with Crippen molar-refractivity contribution in [3.8, 4) is 6.07 Å². The number of carbonyl (C=O) groups excluding carboxylic acids is 1. The predicted octanol–water partition coefficient (Wildman–Crippen LogP) is 3.85. The molecule has 130 valence electrons. The highest BCUT2D eigenvalue weighted by Gasteiger charge is 2.25. The van der Waals surface area contributed by atoms with Gasteiger partial charge >= 0.3 is 6.03 Å². The number of nitrogens with one attached hydrogen (secondary N) is 2. The van der Waals surface area contributed by atoms with Crippen LogP contribution in [0.4, 0.5) is 10.5 Å². The maximum atomic E-state index is 12.5. The maximum Gasteiger partial charge on any atom is 0.321 e. The van der Waals surface area contributed by atoms with Gasteiger partial charge in [0.05, 0.1) is 11.6 Å². The second kappa shape index (κ2) is 6.89. The normalized spacial score (nSPS) is 15.0. The number of benzene rings is 1. The Bertz CT molecular complexity index is 979. The summed E-state index contributed by atoms with van der Waals surface area (Å²) in [7, 11) is 0. The van der Waals surface area contributed by atoms with Crippen LogP contribution in [0.15, 0.2) is 48.8 Å². The number of aromatic nitrogens is 2. The Morgan fingerprint density at radius 2 is 2.12 bits per heavy atom. The van der Waals surface area contributed by atoms with Crippen molar-refractivity contribution in [3.05, 3.63) is 59.9 Å². The number of piperidine rings is 1. The zero-order valence-electron chi connectivity index (χ0n) is 14.3. The maximum absolute atomic E-state index is 12.5. The highest BCUT2D eigenvalue weighted by Crippen LogP contribution is 2.32. The van der Waals surface area contributed by atoms with E-state index in [4.69, 9.17) is 5.26 Å². The summed E-state index contributed by atoms with van der Waals surface area (Å²) in [5.74, 6) is 0.430. The molecule has 1 fully saturated rings. The molecule has 1 aliphatic heterocycles. The largest absolute Gasteiger partial charge is 0.346 e. The van der Waals surface area contributed by atoms with Crippen LogP contribution in [0, 0.1) is 11.3 Å². The summed E-state index contributed by atoms with van der Waals surface area (Å²) in [6, 6.07) is 13.0. The molecule has 2 N–H and O–H groups in total. The minimum atomic E-state index is -0.112. The molecule has 0 radical (unpaired) electrons. The number of fused-ring (bicyclic) bond motifs is 1. The monoisotopic (exact) mass is 345 g/mol. The lowest BCUT2D eigenvalue weighted by Gasteiger charge is -2.32. The average molecular weight is 345 g/mol. The molecule has 3 heterocycles. The first-order valence-electron chi connectivity index (χ1n) is 8.72. The SMILES string of the molecule is N#Cc1cccc(NC(=O)N2CCC(c3c[nH]c4ncccc34)CC2)c1. The average Bonchev–Trinajstić information content (AvgIpc) is 3.12. The van der Waals surface area contributed by atoms with Crippen molar-refractivity contribution in [3.63, 3.8) is 0 Å². The van der Waals surface area contributed by atoms with Crippen LogP contribution >= 0.6 is 0 Å². The van der Waals surface area contributed by atoms with Crippen molar-refractivity contribution in [2.45, 2.75) is 18.8 Å². The lowest BCUT2D eigenvalue weighted by atomic mass is 9.89. The molecule has 0 bridgehead atoms. The standard InChI is InChI=1S/C20H19N5O/c21-12-14-3-1-4-16(11-14)24-20(26)25-9-6-15(7-10-25)18-13-23-19-17(18)5-2-8-22-19/h1-5,8,11,13,15H,6-7,9-10H2,(H,22,23)(H,24,26). The van der Waals surface area contributed by atoms with Crippen LogP contribution < -0.4 is 5.32 Å². The number of anilines is 1. The molecule has 26 heavy (non-hydrogen) atoms. The van der Waals surface area contributed by atoms with Gasteiger partial charge in [0.1, 0.15) is 5.65 Å². The van der Waals surface area contributed by atoms with E-state index < -0.39 is 0 Å². The molecular weight excluding hydrogens is 326 g/mol. The molecule has 0 atom stereocenters. The van der Waals surface area contributed by atoms with Gasteiger partial charge in [-0.1, -0.05) is 6.07 Å². The Morgan fingerprint density at radius 3 is 2.92 bits per heavy atom. The number of pyridine rings is 1. The Labute approximate surface area is 151 Å². The van der Waals surface area contributed by atoms with E-state index in [1.54, 1.807) is 30.5 Å². The van der Waals surface area contributed by atoms with E-state index in [1.165, 1.54) is 10.9 Å². The van der Waals surface area contributed by atoms with Crippen molar-refractivity contribution in [1.82, 2.24) is 14.9 Å². The van der Waals surface area contributed by atoms with E-state index in [1.807, 2.05) is 17.2 Å². The molecule has 0 unspecified atom stereocenters. The summed E-state index contributed by atoms with van der Waals surface area (Å²) >= 11 is 0. The number of rotatable bonds is 2. The summed E-state index contributed by atoms with van der Waals surface area (Å²) in [6.07, 6.45) is 5.68. The second-order valence-electron chi connectivity index (χ2n) is 6.53. The van der Waals surface area contributed by atoms with Crippen LogP contribution in [-0.2, 0) is 0 Å². The Morgan fingerprint density at radius 1 is 1.27 bits per heavy atom. The fourth-order valence-corrected chi connectivity index (χ4v) is 3.58. The number of amides is 2. The number of aromatic amines is 1. The topological polar surface area (TPSA) is 84.8 Å². The van der Waals surface area contributed by atoms with Crippen LogP contribution in [0.2, 0.25) is 0 Å². The van der Waals surface area contributed by atoms with Gasteiger partial charge in [-0.25, -0.2) is 9.78 Å². The van der Waals surface area contributed by atoms with Crippen LogP contribution in [0.1, 0.15) is 29.9 Å². The lowest BCUT2D eigenvalue weighted by molar-refractivity contribution is 0.195. The fourth-order valence-electron chi connectivity index (χ4n) is 3.58. The van der Waals surface area contributed by atoms with Gasteiger partial charge < -0.3 is 15.2 Å². The van der Waals surface area contributed by atoms with Crippen LogP contribution in [0.25, 0.3) is 11.0 Å². The van der Waals surface area contributed by atoms with Gasteiger partial charge in [-0.15, -0.1) is 0 Å². The number of hydrogen-bond acceptors (Lipinski definition) is 3. The molecule has 0 spiro atoms. The minimum absolute atomic E-state index is 0.112. The molecule has 4 rings (SSSR count). The Hall–Kier alpha value is -3.33. The summed E-state index contributed by atoms with van der Waals surface area (Å²) < 4.78 is 0. The number of hydrogen-bond donors (Lipinski definition) is 2. The quantitative estimate of drug-likeness (QED) is 0.740. The molecule has 0 aliphatic carbocycles. The summed E-state index contributed by atoms with van der Waals surface area (Å²) in [5, 5.41) is 13.0. The van der Waals surface area contributed by atoms with Crippen LogP contribution in [0.3, 0.4) is 0 Å². The fraction of sp³-hybridized carbons (Fsp3) is 0.250. The first-order valence-corrected chi connectivity index (χ1v) is 8.72. The van der Waals surface area contributed by atoms with Crippen molar-refractivity contribution in [2.24, 2.45) is 0 Å². The number of nitriles is 1. The number of likely N-dealkylation sites (tertiary alicyclic amines) is 1. The number of nitrogens with zero attached hydrogens (tertiary/aromatic N) is 3. The van der Waals surface area contributed by atoms with Crippen molar-refractivity contribution >= 4 is 22.8 Å². The van der Waals surface area contributed by atoms with Gasteiger partial charge in [0.2, 0.25) is 0 Å². The molecule has 1 aromatic carbocycles. The first kappa shape index (κ1) is 16.2. The molecular formula is C20H19N5O. The van der Waals surface area contributed by atoms with Crippen LogP contribution in [-0.4, -0.2) is 34.0 Å². The van der Waals surface area contributed by atoms with Crippen molar-refractivity contribution in [2.75, 3.05) is 18.4 Å². The molecule has 1 saturated heterocycles. The van der Waals surface area contributed by atoms with Gasteiger partial charge in [-0.2, -0.15) is 5.26 Å². The summed E-state index contributed by atoms with van der Waals surface area (Å²) in [6.45, 7) is 1.42. The van der Waals surface area contributed by atoms with Crippen molar-refractivity contribution < 1.29 is 4.79 Å². The zero-order valence-corrected chi connectivity index (χ0v) is 14.3. The van der Waals surface area contributed by atoms with E-state index in [9.17, 15) is 4.79 Å². The zero-order chi connectivity index (χ0) is 17.9. The lowest BCUT2D eigenvalue weighted by Crippen LogP contribution is -2.40. The highest BCUT2D eigenvalue weighted by atomic mass is 16.2. The van der Waals surface area contributed by atoms with E-state index in [0.29, 0.717) is 30.3 Å². The van der Waals surface area contributed by atoms with Gasteiger partial charge in [0.15, 0.2) is 0 Å². The Balaban J connectivity index is 1.40. The minimum Gasteiger partial charge on any atom is -0.346 e. The third kappa shape index (κ3) is 3.11. The molecule has 6 heteroatoms. The molecule has 6 nitrogen and oxygen atoms in total. The summed E-state index contributed by atoms with van der Waals surface area (Å²) in [5.41, 5.74) is 3.39. The molecule has 2 aromatic heterocycles. The number of urea groups is 1.